The van der Waals surface area contributed by atoms with Crippen LogP contribution in [0.4, 0.5) is 0 Å². The van der Waals surface area contributed by atoms with Crippen molar-refractivity contribution in [3.8, 4) is 5.69 Å². The molecule has 8 heteroatoms. The Bertz CT molecular complexity index is 1380. The van der Waals surface area contributed by atoms with Crippen LogP contribution >= 0.6 is 22.7 Å². The number of carbonyl (C=O) groups is 1. The first-order valence-corrected chi connectivity index (χ1v) is 10.8. The van der Waals surface area contributed by atoms with Crippen LogP contribution in [0.2, 0.25) is 0 Å². The van der Waals surface area contributed by atoms with Crippen molar-refractivity contribution in [3.05, 3.63) is 98.6 Å². The lowest BCUT2D eigenvalue weighted by Gasteiger charge is -1.98. The Labute approximate surface area is 179 Å². The topological polar surface area (TPSA) is 72.8 Å². The molecule has 0 saturated heterocycles. The van der Waals surface area contributed by atoms with Crippen molar-refractivity contribution >= 4 is 45.6 Å². The number of aromatic nitrogens is 2. The van der Waals surface area contributed by atoms with Crippen LogP contribution < -0.4 is 4.80 Å². The van der Waals surface area contributed by atoms with Crippen LogP contribution in [0.15, 0.2) is 92.8 Å². The van der Waals surface area contributed by atoms with Crippen LogP contribution in [-0.4, -0.2) is 21.8 Å². The maximum atomic E-state index is 13.0. The standard InChI is InChI=1S/C22H14N4O2S2/c27-20(19-13-15-7-4-5-11-18(15)28-19)21-25-26(16-8-2-1-3-9-16)22(30-21)24-23-14-17-10-6-12-29-17/h1-14H/b23-14+,24-22+. The van der Waals surface area contributed by atoms with Gasteiger partial charge in [0.1, 0.15) is 5.58 Å². The van der Waals surface area contributed by atoms with Gasteiger partial charge >= 0.3 is 0 Å². The summed E-state index contributed by atoms with van der Waals surface area (Å²) >= 11 is 2.74. The number of ketones is 1. The number of carbonyl (C=O) groups excluding carboxylic acids is 1. The molecule has 30 heavy (non-hydrogen) atoms. The van der Waals surface area contributed by atoms with E-state index in [2.05, 4.69) is 15.3 Å². The lowest BCUT2D eigenvalue weighted by molar-refractivity contribution is 0.101. The minimum atomic E-state index is -0.287. The van der Waals surface area contributed by atoms with Gasteiger partial charge in [0, 0.05) is 10.3 Å². The maximum absolute atomic E-state index is 13.0. The Balaban J connectivity index is 1.57. The van der Waals surface area contributed by atoms with Crippen molar-refractivity contribution in [1.82, 2.24) is 9.78 Å². The fraction of sp³-hybridized carbons (Fsp3) is 0. The minimum absolute atomic E-state index is 0.249. The lowest BCUT2D eigenvalue weighted by atomic mass is 10.2. The molecule has 0 aliphatic heterocycles. The van der Waals surface area contributed by atoms with Gasteiger partial charge in [0.25, 0.3) is 5.78 Å². The number of para-hydroxylation sites is 2. The van der Waals surface area contributed by atoms with E-state index in [1.807, 2.05) is 72.1 Å². The Morgan fingerprint density at radius 3 is 2.67 bits per heavy atom. The second-order valence-electron chi connectivity index (χ2n) is 6.27. The summed E-state index contributed by atoms with van der Waals surface area (Å²) < 4.78 is 7.34. The number of fused-ring (bicyclic) bond motifs is 1. The van der Waals surface area contributed by atoms with Crippen LogP contribution in [0.1, 0.15) is 20.4 Å². The molecule has 0 saturated carbocycles. The fourth-order valence-electron chi connectivity index (χ4n) is 2.87. The molecular formula is C22H14N4O2S2. The zero-order valence-electron chi connectivity index (χ0n) is 15.5. The van der Waals surface area contributed by atoms with Crippen molar-refractivity contribution in [2.75, 3.05) is 0 Å². The van der Waals surface area contributed by atoms with E-state index in [4.69, 9.17) is 4.42 Å². The molecule has 0 unspecified atom stereocenters. The quantitative estimate of drug-likeness (QED) is 0.226. The van der Waals surface area contributed by atoms with E-state index in [-0.39, 0.29) is 16.6 Å². The molecule has 5 rings (SSSR count). The molecule has 0 amide bonds. The molecule has 3 aromatic heterocycles. The van der Waals surface area contributed by atoms with E-state index >= 15 is 0 Å². The van der Waals surface area contributed by atoms with Gasteiger partial charge in [-0.3, -0.25) is 4.79 Å². The van der Waals surface area contributed by atoms with E-state index in [0.29, 0.717) is 10.4 Å². The summed E-state index contributed by atoms with van der Waals surface area (Å²) in [6, 6.07) is 22.7. The van der Waals surface area contributed by atoms with Crippen LogP contribution in [0, 0.1) is 0 Å². The number of hydrogen-bond acceptors (Lipinski definition) is 7. The van der Waals surface area contributed by atoms with Crippen molar-refractivity contribution in [1.29, 1.82) is 0 Å². The Kier molecular flexibility index (Phi) is 4.92. The summed E-state index contributed by atoms with van der Waals surface area (Å²) in [6.07, 6.45) is 1.68. The summed E-state index contributed by atoms with van der Waals surface area (Å²) in [5, 5.41) is 16.1. The van der Waals surface area contributed by atoms with Gasteiger partial charge in [0.15, 0.2) is 10.8 Å². The van der Waals surface area contributed by atoms with Gasteiger partial charge in [-0.05, 0) is 35.7 Å². The zero-order chi connectivity index (χ0) is 20.3. The smallest absolute Gasteiger partial charge is 0.258 e. The molecule has 0 aliphatic rings. The molecule has 0 atom stereocenters. The summed E-state index contributed by atoms with van der Waals surface area (Å²) in [5.74, 6) is -0.0385. The highest BCUT2D eigenvalue weighted by Gasteiger charge is 2.20. The van der Waals surface area contributed by atoms with E-state index in [0.717, 1.165) is 16.0 Å². The van der Waals surface area contributed by atoms with E-state index < -0.39 is 0 Å². The van der Waals surface area contributed by atoms with Crippen LogP contribution in [0.5, 0.6) is 0 Å². The highest BCUT2D eigenvalue weighted by Crippen LogP contribution is 2.21. The van der Waals surface area contributed by atoms with E-state index in [1.54, 1.807) is 28.3 Å². The summed E-state index contributed by atoms with van der Waals surface area (Å²) in [5.41, 5.74) is 1.46. The van der Waals surface area contributed by atoms with Crippen LogP contribution in [0.25, 0.3) is 16.7 Å². The summed E-state index contributed by atoms with van der Waals surface area (Å²) in [7, 11) is 0. The first kappa shape index (κ1) is 18.4. The lowest BCUT2D eigenvalue weighted by Crippen LogP contribution is -2.14. The van der Waals surface area contributed by atoms with Crippen molar-refractivity contribution in [2.45, 2.75) is 0 Å². The van der Waals surface area contributed by atoms with Crippen molar-refractivity contribution < 1.29 is 9.21 Å². The van der Waals surface area contributed by atoms with Gasteiger partial charge in [-0.1, -0.05) is 53.8 Å². The molecule has 0 spiro atoms. The average molecular weight is 431 g/mol. The molecule has 5 aromatic rings. The second-order valence-corrected chi connectivity index (χ2v) is 8.21. The van der Waals surface area contributed by atoms with Gasteiger partial charge in [-0.15, -0.1) is 16.4 Å². The zero-order valence-corrected chi connectivity index (χ0v) is 17.1. The number of benzene rings is 2. The van der Waals surface area contributed by atoms with Gasteiger partial charge in [0.2, 0.25) is 4.80 Å². The third-order valence-corrected chi connectivity index (χ3v) is 5.98. The molecule has 6 nitrogen and oxygen atoms in total. The molecule has 3 heterocycles. The molecular weight excluding hydrogens is 416 g/mol. The molecule has 0 bridgehead atoms. The molecule has 0 aliphatic carbocycles. The van der Waals surface area contributed by atoms with Crippen LogP contribution in [-0.2, 0) is 0 Å². The number of hydrogen-bond donors (Lipinski definition) is 0. The second kappa shape index (κ2) is 8.02. The monoisotopic (exact) mass is 430 g/mol. The Hall–Kier alpha value is -3.62. The fourth-order valence-corrected chi connectivity index (χ4v) is 4.26. The average Bonchev–Trinajstić information content (AvgIpc) is 3.53. The Morgan fingerprint density at radius 2 is 1.87 bits per heavy atom. The van der Waals surface area contributed by atoms with Gasteiger partial charge < -0.3 is 4.42 Å². The highest BCUT2D eigenvalue weighted by molar-refractivity contribution is 7.11. The van der Waals surface area contributed by atoms with Crippen LogP contribution in [0.3, 0.4) is 0 Å². The number of rotatable bonds is 5. The molecule has 0 radical (unpaired) electrons. The van der Waals surface area contributed by atoms with Crippen molar-refractivity contribution in [2.24, 2.45) is 10.2 Å². The molecule has 0 fully saturated rings. The predicted molar refractivity (Wildman–Crippen MR) is 119 cm³/mol. The first-order valence-electron chi connectivity index (χ1n) is 9.07. The van der Waals surface area contributed by atoms with Crippen molar-refractivity contribution in [3.63, 3.8) is 0 Å². The van der Waals surface area contributed by atoms with E-state index in [1.165, 1.54) is 11.3 Å². The molecule has 146 valence electrons. The predicted octanol–water partition coefficient (Wildman–Crippen LogP) is 4.91. The summed E-state index contributed by atoms with van der Waals surface area (Å²) in [4.78, 5) is 14.5. The molecule has 0 N–H and O–H groups in total. The number of nitrogens with zero attached hydrogens (tertiary/aromatic N) is 4. The largest absolute Gasteiger partial charge is 0.452 e. The number of furan rings is 1. The third kappa shape index (κ3) is 3.66. The SMILES string of the molecule is O=C(c1cc2ccccc2o1)c1nn(-c2ccccc2)/c(=N\N=C\c2cccs2)s1. The Morgan fingerprint density at radius 1 is 1.03 bits per heavy atom. The highest BCUT2D eigenvalue weighted by atomic mass is 32.1. The maximum Gasteiger partial charge on any atom is 0.258 e. The van der Waals surface area contributed by atoms with Gasteiger partial charge in [-0.25, -0.2) is 4.68 Å². The summed E-state index contributed by atoms with van der Waals surface area (Å²) in [6.45, 7) is 0. The number of thiophene rings is 1. The molecule has 2 aromatic carbocycles. The van der Waals surface area contributed by atoms with Gasteiger partial charge in [-0.2, -0.15) is 10.2 Å². The minimum Gasteiger partial charge on any atom is -0.452 e. The first-order chi connectivity index (χ1) is 14.8. The normalized spacial score (nSPS) is 12.2. The van der Waals surface area contributed by atoms with E-state index in [9.17, 15) is 4.79 Å². The van der Waals surface area contributed by atoms with Gasteiger partial charge in [0.05, 0.1) is 11.9 Å². The third-order valence-electron chi connectivity index (χ3n) is 4.28.